The molecule has 0 aromatic rings. The Morgan fingerprint density at radius 3 is 2.15 bits per heavy atom. The van der Waals surface area contributed by atoms with Crippen molar-refractivity contribution in [3.8, 4) is 0 Å². The van der Waals surface area contributed by atoms with Crippen LogP contribution in [0, 0.1) is 11.8 Å². The molecular formula is C10H20O3. The molecule has 0 aromatic heterocycles. The van der Waals surface area contributed by atoms with E-state index in [9.17, 15) is 4.79 Å². The number of rotatable bonds is 6. The van der Waals surface area contributed by atoms with Crippen molar-refractivity contribution in [2.45, 2.75) is 39.7 Å². The Morgan fingerprint density at radius 2 is 1.85 bits per heavy atom. The van der Waals surface area contributed by atoms with Crippen LogP contribution in [0.2, 0.25) is 0 Å². The van der Waals surface area contributed by atoms with E-state index in [2.05, 4.69) is 0 Å². The van der Waals surface area contributed by atoms with Gasteiger partial charge in [0.05, 0.1) is 12.0 Å². The first-order valence-electron chi connectivity index (χ1n) is 4.73. The van der Waals surface area contributed by atoms with Crippen molar-refractivity contribution in [2.24, 2.45) is 11.8 Å². The van der Waals surface area contributed by atoms with Crippen LogP contribution in [0.1, 0.15) is 33.6 Å². The SMILES string of the molecule is COC(C)CC(CC(C)C)C(=O)O. The smallest absolute Gasteiger partial charge is 0.306 e. The molecule has 78 valence electrons. The molecule has 2 unspecified atom stereocenters. The molecule has 0 fully saturated rings. The van der Waals surface area contributed by atoms with Gasteiger partial charge in [-0.2, -0.15) is 0 Å². The van der Waals surface area contributed by atoms with Crippen molar-refractivity contribution in [2.75, 3.05) is 7.11 Å². The third kappa shape index (κ3) is 5.64. The minimum atomic E-state index is -0.711. The van der Waals surface area contributed by atoms with Gasteiger partial charge in [0.1, 0.15) is 0 Å². The number of carboxylic acid groups (broad SMARTS) is 1. The third-order valence-electron chi connectivity index (χ3n) is 2.12. The summed E-state index contributed by atoms with van der Waals surface area (Å²) in [5.41, 5.74) is 0. The summed E-state index contributed by atoms with van der Waals surface area (Å²) in [6, 6.07) is 0. The number of aliphatic carboxylic acids is 1. The summed E-state index contributed by atoms with van der Waals surface area (Å²) < 4.78 is 5.05. The first kappa shape index (κ1) is 12.4. The molecule has 0 amide bonds. The maximum atomic E-state index is 10.8. The summed E-state index contributed by atoms with van der Waals surface area (Å²) in [5, 5.41) is 8.91. The summed E-state index contributed by atoms with van der Waals surface area (Å²) in [4.78, 5) is 10.8. The molecule has 2 atom stereocenters. The Hall–Kier alpha value is -0.570. The zero-order chi connectivity index (χ0) is 10.4. The molecule has 0 heterocycles. The van der Waals surface area contributed by atoms with Crippen molar-refractivity contribution in [1.82, 2.24) is 0 Å². The van der Waals surface area contributed by atoms with E-state index < -0.39 is 5.97 Å². The summed E-state index contributed by atoms with van der Waals surface area (Å²) in [6.45, 7) is 5.97. The van der Waals surface area contributed by atoms with Crippen molar-refractivity contribution in [3.63, 3.8) is 0 Å². The molecular weight excluding hydrogens is 168 g/mol. The summed E-state index contributed by atoms with van der Waals surface area (Å²) in [5.74, 6) is -0.558. The fourth-order valence-corrected chi connectivity index (χ4v) is 1.36. The highest BCUT2D eigenvalue weighted by Crippen LogP contribution is 2.18. The molecule has 0 saturated carbocycles. The number of hydrogen-bond donors (Lipinski definition) is 1. The zero-order valence-electron chi connectivity index (χ0n) is 8.91. The maximum absolute atomic E-state index is 10.8. The van der Waals surface area contributed by atoms with E-state index in [0.717, 1.165) is 6.42 Å². The molecule has 1 N–H and O–H groups in total. The van der Waals surface area contributed by atoms with Gasteiger partial charge in [0.15, 0.2) is 0 Å². The molecule has 0 bridgehead atoms. The van der Waals surface area contributed by atoms with Gasteiger partial charge in [0, 0.05) is 7.11 Å². The second-order valence-electron chi connectivity index (χ2n) is 3.95. The first-order valence-corrected chi connectivity index (χ1v) is 4.73. The zero-order valence-corrected chi connectivity index (χ0v) is 8.91. The Balaban J connectivity index is 4.02. The van der Waals surface area contributed by atoms with Crippen LogP contribution in [0.3, 0.4) is 0 Å². The molecule has 0 aliphatic rings. The van der Waals surface area contributed by atoms with Gasteiger partial charge in [-0.05, 0) is 25.7 Å². The van der Waals surface area contributed by atoms with E-state index in [0.29, 0.717) is 12.3 Å². The van der Waals surface area contributed by atoms with Crippen LogP contribution < -0.4 is 0 Å². The summed E-state index contributed by atoms with van der Waals surface area (Å²) in [7, 11) is 1.61. The van der Waals surface area contributed by atoms with Crippen LogP contribution in [0.4, 0.5) is 0 Å². The van der Waals surface area contributed by atoms with Gasteiger partial charge < -0.3 is 9.84 Å². The monoisotopic (exact) mass is 188 g/mol. The largest absolute Gasteiger partial charge is 0.481 e. The van der Waals surface area contributed by atoms with Gasteiger partial charge in [-0.3, -0.25) is 4.79 Å². The maximum Gasteiger partial charge on any atom is 0.306 e. The molecule has 0 aliphatic carbocycles. The molecule has 0 aromatic carbocycles. The van der Waals surface area contributed by atoms with Gasteiger partial charge in [-0.1, -0.05) is 13.8 Å². The molecule has 0 aliphatic heterocycles. The average molecular weight is 188 g/mol. The Morgan fingerprint density at radius 1 is 1.31 bits per heavy atom. The highest BCUT2D eigenvalue weighted by Gasteiger charge is 2.21. The standard InChI is InChI=1S/C10H20O3/c1-7(2)5-9(10(11)12)6-8(3)13-4/h7-9H,5-6H2,1-4H3,(H,11,12). The predicted octanol–water partition coefficient (Wildman–Crippen LogP) is 2.16. The van der Waals surface area contributed by atoms with E-state index in [-0.39, 0.29) is 12.0 Å². The number of ether oxygens (including phenoxy) is 1. The van der Waals surface area contributed by atoms with Crippen LogP contribution in [-0.4, -0.2) is 24.3 Å². The summed E-state index contributed by atoms with van der Waals surface area (Å²) >= 11 is 0. The molecule has 0 radical (unpaired) electrons. The van der Waals surface area contributed by atoms with Gasteiger partial charge in [0.2, 0.25) is 0 Å². The predicted molar refractivity (Wildman–Crippen MR) is 51.7 cm³/mol. The van der Waals surface area contributed by atoms with Crippen molar-refractivity contribution >= 4 is 5.97 Å². The lowest BCUT2D eigenvalue weighted by molar-refractivity contribution is -0.143. The fraction of sp³-hybridized carbons (Fsp3) is 0.900. The lowest BCUT2D eigenvalue weighted by Gasteiger charge is -2.17. The van der Waals surface area contributed by atoms with E-state index in [1.165, 1.54) is 0 Å². The van der Waals surface area contributed by atoms with Crippen LogP contribution in [-0.2, 0) is 9.53 Å². The quantitative estimate of drug-likeness (QED) is 0.694. The summed E-state index contributed by atoms with van der Waals surface area (Å²) in [6.07, 6.45) is 1.35. The van der Waals surface area contributed by atoms with Crippen molar-refractivity contribution in [1.29, 1.82) is 0 Å². The lowest BCUT2D eigenvalue weighted by atomic mass is 9.92. The van der Waals surface area contributed by atoms with Crippen LogP contribution in [0.15, 0.2) is 0 Å². The van der Waals surface area contributed by atoms with Gasteiger partial charge >= 0.3 is 5.97 Å². The molecule has 0 saturated heterocycles. The normalized spacial score (nSPS) is 15.8. The first-order chi connectivity index (χ1) is 5.97. The van der Waals surface area contributed by atoms with E-state index in [4.69, 9.17) is 9.84 Å². The number of carbonyl (C=O) groups is 1. The minimum Gasteiger partial charge on any atom is -0.481 e. The van der Waals surface area contributed by atoms with E-state index >= 15 is 0 Å². The van der Waals surface area contributed by atoms with Crippen molar-refractivity contribution < 1.29 is 14.6 Å². The second-order valence-corrected chi connectivity index (χ2v) is 3.95. The lowest BCUT2D eigenvalue weighted by Crippen LogP contribution is -2.21. The van der Waals surface area contributed by atoms with Gasteiger partial charge in [-0.25, -0.2) is 0 Å². The second kappa shape index (κ2) is 5.97. The average Bonchev–Trinajstić information content (AvgIpc) is 2.02. The van der Waals surface area contributed by atoms with Gasteiger partial charge in [0.25, 0.3) is 0 Å². The molecule has 3 heteroatoms. The number of carboxylic acids is 1. The minimum absolute atomic E-state index is 0.0276. The number of methoxy groups -OCH3 is 1. The van der Waals surface area contributed by atoms with Gasteiger partial charge in [-0.15, -0.1) is 0 Å². The van der Waals surface area contributed by atoms with Crippen molar-refractivity contribution in [3.05, 3.63) is 0 Å². The Labute approximate surface area is 80.1 Å². The van der Waals surface area contributed by atoms with E-state index in [1.54, 1.807) is 7.11 Å². The number of hydrogen-bond acceptors (Lipinski definition) is 2. The van der Waals surface area contributed by atoms with Crippen LogP contribution >= 0.6 is 0 Å². The molecule has 0 spiro atoms. The Kier molecular flexibility index (Phi) is 5.71. The topological polar surface area (TPSA) is 46.5 Å². The molecule has 0 rings (SSSR count). The third-order valence-corrected chi connectivity index (χ3v) is 2.12. The highest BCUT2D eigenvalue weighted by atomic mass is 16.5. The molecule has 13 heavy (non-hydrogen) atoms. The van der Waals surface area contributed by atoms with Crippen LogP contribution in [0.5, 0.6) is 0 Å². The van der Waals surface area contributed by atoms with E-state index in [1.807, 2.05) is 20.8 Å². The highest BCUT2D eigenvalue weighted by molar-refractivity contribution is 5.69. The fourth-order valence-electron chi connectivity index (χ4n) is 1.36. The molecule has 3 nitrogen and oxygen atoms in total. The Bertz CT molecular complexity index is 154. The van der Waals surface area contributed by atoms with Crippen LogP contribution in [0.25, 0.3) is 0 Å².